The van der Waals surface area contributed by atoms with Crippen LogP contribution in [0.1, 0.15) is 29.2 Å². The molecule has 0 saturated heterocycles. The van der Waals surface area contributed by atoms with Crippen LogP contribution in [-0.4, -0.2) is 17.9 Å². The van der Waals surface area contributed by atoms with Crippen molar-refractivity contribution in [1.82, 2.24) is 4.98 Å². The Morgan fingerprint density at radius 3 is 2.78 bits per heavy atom. The Morgan fingerprint density at radius 1 is 1.44 bits per heavy atom. The number of ether oxygens (including phenoxy) is 1. The Labute approximate surface area is 110 Å². The standard InChI is InChI=1S/C14H15NO2S/c1-4-10-5-6-13(17-3)11(7-10)12-8-18-14(15-12)9(2)16/h5-8H,4H2,1-3H3. The number of thiazole rings is 1. The molecule has 0 aliphatic carbocycles. The van der Waals surface area contributed by atoms with E-state index in [1.807, 2.05) is 17.5 Å². The molecule has 3 nitrogen and oxygen atoms in total. The summed E-state index contributed by atoms with van der Waals surface area (Å²) in [6, 6.07) is 6.05. The second-order valence-electron chi connectivity index (χ2n) is 3.98. The number of aromatic nitrogens is 1. The SMILES string of the molecule is CCc1ccc(OC)c(-c2csc(C(C)=O)n2)c1. The number of methoxy groups -OCH3 is 1. The van der Waals surface area contributed by atoms with Gasteiger partial charge in [-0.05, 0) is 24.1 Å². The van der Waals surface area contributed by atoms with Crippen molar-refractivity contribution < 1.29 is 9.53 Å². The molecule has 0 saturated carbocycles. The summed E-state index contributed by atoms with van der Waals surface area (Å²) in [7, 11) is 1.64. The molecule has 18 heavy (non-hydrogen) atoms. The third-order valence-corrected chi connectivity index (χ3v) is 3.70. The van der Waals surface area contributed by atoms with Crippen LogP contribution >= 0.6 is 11.3 Å². The highest BCUT2D eigenvalue weighted by atomic mass is 32.1. The summed E-state index contributed by atoms with van der Waals surface area (Å²) in [6.45, 7) is 3.63. The lowest BCUT2D eigenvalue weighted by molar-refractivity contribution is 0.101. The normalized spacial score (nSPS) is 10.4. The van der Waals surface area contributed by atoms with Gasteiger partial charge in [0.2, 0.25) is 0 Å². The number of rotatable bonds is 4. The minimum absolute atomic E-state index is 0.00290. The number of nitrogens with zero attached hydrogens (tertiary/aromatic N) is 1. The summed E-state index contributed by atoms with van der Waals surface area (Å²) in [5.41, 5.74) is 2.97. The van der Waals surface area contributed by atoms with Crippen LogP contribution in [0.15, 0.2) is 23.6 Å². The molecule has 0 fully saturated rings. The molecular weight excluding hydrogens is 246 g/mol. The lowest BCUT2D eigenvalue weighted by Crippen LogP contribution is -1.93. The number of carbonyl (C=O) groups excluding carboxylic acids is 1. The van der Waals surface area contributed by atoms with E-state index in [1.165, 1.54) is 23.8 Å². The van der Waals surface area contributed by atoms with Gasteiger partial charge in [-0.1, -0.05) is 13.0 Å². The van der Waals surface area contributed by atoms with Crippen molar-refractivity contribution in [2.75, 3.05) is 7.11 Å². The van der Waals surface area contributed by atoms with E-state index in [0.717, 1.165) is 23.4 Å². The van der Waals surface area contributed by atoms with Crippen LogP contribution in [0.3, 0.4) is 0 Å². The topological polar surface area (TPSA) is 39.2 Å². The second kappa shape index (κ2) is 5.31. The number of aryl methyl sites for hydroxylation is 1. The molecule has 1 aromatic heterocycles. The van der Waals surface area contributed by atoms with Gasteiger partial charge in [-0.2, -0.15) is 0 Å². The molecular formula is C14H15NO2S. The lowest BCUT2D eigenvalue weighted by Gasteiger charge is -2.08. The summed E-state index contributed by atoms with van der Waals surface area (Å²) in [5, 5.41) is 2.43. The fraction of sp³-hybridized carbons (Fsp3) is 0.286. The van der Waals surface area contributed by atoms with Gasteiger partial charge < -0.3 is 4.74 Å². The van der Waals surface area contributed by atoms with Crippen molar-refractivity contribution in [3.63, 3.8) is 0 Å². The third-order valence-electron chi connectivity index (χ3n) is 2.75. The van der Waals surface area contributed by atoms with E-state index in [9.17, 15) is 4.79 Å². The van der Waals surface area contributed by atoms with Gasteiger partial charge in [0.05, 0.1) is 12.8 Å². The number of Topliss-reactive ketones (excluding diaryl/α,β-unsaturated/α-hetero) is 1. The van der Waals surface area contributed by atoms with Gasteiger partial charge in [-0.15, -0.1) is 11.3 Å². The van der Waals surface area contributed by atoms with E-state index in [2.05, 4.69) is 18.0 Å². The summed E-state index contributed by atoms with van der Waals surface area (Å²) >= 11 is 1.37. The van der Waals surface area contributed by atoms with Crippen molar-refractivity contribution in [2.45, 2.75) is 20.3 Å². The number of carbonyl (C=O) groups is 1. The molecule has 94 valence electrons. The number of benzene rings is 1. The van der Waals surface area contributed by atoms with Crippen molar-refractivity contribution in [3.05, 3.63) is 34.2 Å². The van der Waals surface area contributed by atoms with Crippen molar-refractivity contribution in [2.24, 2.45) is 0 Å². The molecule has 2 aromatic rings. The summed E-state index contributed by atoms with van der Waals surface area (Å²) < 4.78 is 5.35. The third kappa shape index (κ3) is 2.43. The minimum atomic E-state index is -0.00290. The van der Waals surface area contributed by atoms with Crippen LogP contribution < -0.4 is 4.74 Å². The first-order valence-corrected chi connectivity index (χ1v) is 6.67. The van der Waals surface area contributed by atoms with E-state index in [1.54, 1.807) is 7.11 Å². The summed E-state index contributed by atoms with van der Waals surface area (Å²) in [6.07, 6.45) is 0.959. The Morgan fingerprint density at radius 2 is 2.22 bits per heavy atom. The predicted molar refractivity (Wildman–Crippen MR) is 73.5 cm³/mol. The van der Waals surface area contributed by atoms with Gasteiger partial charge in [0.15, 0.2) is 10.8 Å². The molecule has 0 unspecified atom stereocenters. The first-order valence-electron chi connectivity index (χ1n) is 5.79. The quantitative estimate of drug-likeness (QED) is 0.790. The van der Waals surface area contributed by atoms with E-state index >= 15 is 0 Å². The fourth-order valence-electron chi connectivity index (χ4n) is 1.73. The Balaban J connectivity index is 2.50. The first kappa shape index (κ1) is 12.8. The van der Waals surface area contributed by atoms with Gasteiger partial charge in [0.1, 0.15) is 5.75 Å². The molecule has 1 aromatic carbocycles. The Hall–Kier alpha value is -1.68. The van der Waals surface area contributed by atoms with Gasteiger partial charge in [0.25, 0.3) is 0 Å². The zero-order chi connectivity index (χ0) is 13.1. The molecule has 0 bridgehead atoms. The minimum Gasteiger partial charge on any atom is -0.496 e. The smallest absolute Gasteiger partial charge is 0.188 e. The molecule has 0 aliphatic heterocycles. The average molecular weight is 261 g/mol. The van der Waals surface area contributed by atoms with Crippen molar-refractivity contribution in [3.8, 4) is 17.0 Å². The van der Waals surface area contributed by atoms with E-state index in [-0.39, 0.29) is 5.78 Å². The molecule has 4 heteroatoms. The maximum absolute atomic E-state index is 11.3. The zero-order valence-electron chi connectivity index (χ0n) is 10.7. The van der Waals surface area contributed by atoms with Crippen LogP contribution in [0.2, 0.25) is 0 Å². The van der Waals surface area contributed by atoms with E-state index in [4.69, 9.17) is 4.74 Å². The Kier molecular flexibility index (Phi) is 3.77. The van der Waals surface area contributed by atoms with Gasteiger partial charge in [-0.3, -0.25) is 4.79 Å². The van der Waals surface area contributed by atoms with Crippen LogP contribution in [0.4, 0.5) is 0 Å². The van der Waals surface area contributed by atoms with Crippen molar-refractivity contribution >= 4 is 17.1 Å². The molecule has 0 aliphatic rings. The highest BCUT2D eigenvalue weighted by molar-refractivity contribution is 7.12. The Bertz CT molecular complexity index is 575. The average Bonchev–Trinajstić information content (AvgIpc) is 2.87. The largest absolute Gasteiger partial charge is 0.496 e. The molecule has 1 heterocycles. The number of hydrogen-bond donors (Lipinski definition) is 0. The van der Waals surface area contributed by atoms with E-state index < -0.39 is 0 Å². The molecule has 0 radical (unpaired) electrons. The summed E-state index contributed by atoms with van der Waals surface area (Å²) in [4.78, 5) is 15.6. The van der Waals surface area contributed by atoms with Gasteiger partial charge in [0, 0.05) is 17.9 Å². The predicted octanol–water partition coefficient (Wildman–Crippen LogP) is 3.58. The number of hydrogen-bond acceptors (Lipinski definition) is 4. The maximum Gasteiger partial charge on any atom is 0.188 e. The molecule has 0 N–H and O–H groups in total. The molecule has 0 amide bonds. The fourth-order valence-corrected chi connectivity index (χ4v) is 2.45. The lowest BCUT2D eigenvalue weighted by atomic mass is 10.1. The van der Waals surface area contributed by atoms with Gasteiger partial charge in [-0.25, -0.2) is 4.98 Å². The van der Waals surface area contributed by atoms with Crippen LogP contribution in [0.25, 0.3) is 11.3 Å². The van der Waals surface area contributed by atoms with Crippen LogP contribution in [0.5, 0.6) is 5.75 Å². The van der Waals surface area contributed by atoms with Crippen LogP contribution in [0, 0.1) is 0 Å². The van der Waals surface area contributed by atoms with Gasteiger partial charge >= 0.3 is 0 Å². The van der Waals surface area contributed by atoms with Crippen molar-refractivity contribution in [1.29, 1.82) is 0 Å². The second-order valence-corrected chi connectivity index (χ2v) is 4.84. The first-order chi connectivity index (χ1) is 8.65. The highest BCUT2D eigenvalue weighted by Crippen LogP contribution is 2.31. The molecule has 0 atom stereocenters. The summed E-state index contributed by atoms with van der Waals surface area (Å²) in [5.74, 6) is 0.782. The molecule has 0 spiro atoms. The monoisotopic (exact) mass is 261 g/mol. The van der Waals surface area contributed by atoms with Crippen LogP contribution in [-0.2, 0) is 6.42 Å². The van der Waals surface area contributed by atoms with E-state index in [0.29, 0.717) is 5.01 Å². The zero-order valence-corrected chi connectivity index (χ0v) is 11.5. The highest BCUT2D eigenvalue weighted by Gasteiger charge is 2.12. The maximum atomic E-state index is 11.3. The number of ketones is 1. The molecule has 2 rings (SSSR count).